The van der Waals surface area contributed by atoms with E-state index in [0.29, 0.717) is 0 Å². The van der Waals surface area contributed by atoms with Crippen LogP contribution in [0.25, 0.3) is 27.6 Å². The molecule has 0 fully saturated rings. The summed E-state index contributed by atoms with van der Waals surface area (Å²) in [6.45, 7) is 10.0. The fourth-order valence-corrected chi connectivity index (χ4v) is 2.75. The summed E-state index contributed by atoms with van der Waals surface area (Å²) < 4.78 is 1.73. The Hall–Kier alpha value is -2.82. The summed E-state index contributed by atoms with van der Waals surface area (Å²) in [5, 5.41) is 5.54. The van der Waals surface area contributed by atoms with E-state index in [1.54, 1.807) is 4.68 Å². The van der Waals surface area contributed by atoms with E-state index in [1.807, 2.05) is 33.2 Å². The van der Waals surface area contributed by atoms with E-state index >= 15 is 0 Å². The highest BCUT2D eigenvalue weighted by Crippen LogP contribution is 2.31. The topological polar surface area (TPSA) is 60.7 Å². The molecule has 0 radical (unpaired) electrons. The van der Waals surface area contributed by atoms with E-state index < -0.39 is 0 Å². The van der Waals surface area contributed by atoms with Crippen LogP contribution in [0.2, 0.25) is 0 Å². The van der Waals surface area contributed by atoms with Gasteiger partial charge in [-0.3, -0.25) is 4.68 Å². The van der Waals surface area contributed by atoms with Gasteiger partial charge in [0.25, 0.3) is 0 Å². The molecule has 1 aromatic carbocycles. The molecule has 0 aliphatic rings. The van der Waals surface area contributed by atoms with E-state index in [2.05, 4.69) is 33.8 Å². The van der Waals surface area contributed by atoms with Gasteiger partial charge in [0.2, 0.25) is 0 Å². The van der Waals surface area contributed by atoms with Gasteiger partial charge in [0.1, 0.15) is 12.1 Å². The van der Waals surface area contributed by atoms with Crippen LogP contribution in [-0.2, 0) is 11.3 Å². The molecule has 2 heterocycles. The van der Waals surface area contributed by atoms with Crippen molar-refractivity contribution in [3.8, 4) is 11.1 Å². The summed E-state index contributed by atoms with van der Waals surface area (Å²) in [5.74, 6) is 0.743. The van der Waals surface area contributed by atoms with Crippen LogP contribution in [-0.4, -0.2) is 26.0 Å². The minimum atomic E-state index is 0.234. The molecule has 116 valence electrons. The average molecular weight is 306 g/mol. The lowest BCUT2D eigenvalue weighted by Crippen LogP contribution is -2.02. The number of aryl methyl sites for hydroxylation is 2. The molecule has 0 unspecified atom stereocenters. The first-order chi connectivity index (χ1) is 11.0. The first-order valence-corrected chi connectivity index (χ1v) is 7.41. The molecular weight excluding hydrogens is 288 g/mol. The van der Waals surface area contributed by atoms with E-state index in [-0.39, 0.29) is 6.54 Å². The Morgan fingerprint density at radius 3 is 2.52 bits per heavy atom. The van der Waals surface area contributed by atoms with Crippen molar-refractivity contribution in [2.75, 3.05) is 0 Å². The molecule has 23 heavy (non-hydrogen) atoms. The van der Waals surface area contributed by atoms with Crippen molar-refractivity contribution in [1.29, 1.82) is 0 Å². The smallest absolute Gasteiger partial charge is 0.141 e. The lowest BCUT2D eigenvalue weighted by Gasteiger charge is -2.07. The molecule has 5 heteroatoms. The SMILES string of the molecule is C=C(C)c1nn(CC=O)c2c(C)cc(-c3cnc(C)nc3)cc12. The fourth-order valence-electron chi connectivity index (χ4n) is 2.75. The number of carbonyl (C=O) groups is 1. The second kappa shape index (κ2) is 5.76. The Morgan fingerprint density at radius 2 is 1.91 bits per heavy atom. The molecule has 2 aromatic heterocycles. The monoisotopic (exact) mass is 306 g/mol. The van der Waals surface area contributed by atoms with Crippen LogP contribution in [0.15, 0.2) is 31.1 Å². The zero-order chi connectivity index (χ0) is 16.6. The van der Waals surface area contributed by atoms with Crippen LogP contribution >= 0.6 is 0 Å². The number of rotatable bonds is 4. The van der Waals surface area contributed by atoms with Crippen LogP contribution in [0.5, 0.6) is 0 Å². The summed E-state index contributed by atoms with van der Waals surface area (Å²) in [7, 11) is 0. The first-order valence-electron chi connectivity index (χ1n) is 7.41. The summed E-state index contributed by atoms with van der Waals surface area (Å²) in [6.07, 6.45) is 4.49. The molecule has 3 aromatic rings. The highest BCUT2D eigenvalue weighted by molar-refractivity contribution is 5.95. The molecule has 0 saturated carbocycles. The summed E-state index contributed by atoms with van der Waals surface area (Å²) in [6, 6.07) is 4.14. The highest BCUT2D eigenvalue weighted by atomic mass is 16.1. The minimum absolute atomic E-state index is 0.234. The molecule has 0 bridgehead atoms. The first kappa shape index (κ1) is 15.1. The number of hydrogen-bond acceptors (Lipinski definition) is 4. The van der Waals surface area contributed by atoms with Crippen LogP contribution in [0, 0.1) is 13.8 Å². The number of fused-ring (bicyclic) bond motifs is 1. The van der Waals surface area contributed by atoms with Gasteiger partial charge < -0.3 is 4.79 Å². The quantitative estimate of drug-likeness (QED) is 0.694. The van der Waals surface area contributed by atoms with Crippen molar-refractivity contribution in [3.05, 3.63) is 48.2 Å². The number of allylic oxidation sites excluding steroid dienone is 1. The van der Waals surface area contributed by atoms with Crippen molar-refractivity contribution >= 4 is 22.8 Å². The lowest BCUT2D eigenvalue weighted by molar-refractivity contribution is -0.108. The van der Waals surface area contributed by atoms with E-state index in [0.717, 1.165) is 51.0 Å². The Balaban J connectivity index is 2.28. The normalized spacial score (nSPS) is 10.9. The van der Waals surface area contributed by atoms with Gasteiger partial charge >= 0.3 is 0 Å². The summed E-state index contributed by atoms with van der Waals surface area (Å²) >= 11 is 0. The van der Waals surface area contributed by atoms with Crippen LogP contribution in [0.1, 0.15) is 24.0 Å². The zero-order valence-electron chi connectivity index (χ0n) is 13.5. The van der Waals surface area contributed by atoms with E-state index in [4.69, 9.17) is 0 Å². The third-order valence-electron chi connectivity index (χ3n) is 3.80. The Labute approximate surface area is 134 Å². The van der Waals surface area contributed by atoms with Gasteiger partial charge in [-0.25, -0.2) is 9.97 Å². The number of aromatic nitrogens is 4. The van der Waals surface area contributed by atoms with Gasteiger partial charge in [-0.2, -0.15) is 5.10 Å². The lowest BCUT2D eigenvalue weighted by atomic mass is 10.0. The predicted molar refractivity (Wildman–Crippen MR) is 91.0 cm³/mol. The minimum Gasteiger partial charge on any atom is -0.301 e. The average Bonchev–Trinajstić information content (AvgIpc) is 2.88. The third-order valence-corrected chi connectivity index (χ3v) is 3.80. The molecule has 0 amide bonds. The molecular formula is C18H18N4O. The largest absolute Gasteiger partial charge is 0.301 e. The van der Waals surface area contributed by atoms with Crippen LogP contribution in [0.4, 0.5) is 0 Å². The van der Waals surface area contributed by atoms with E-state index in [9.17, 15) is 4.79 Å². The summed E-state index contributed by atoms with van der Waals surface area (Å²) in [4.78, 5) is 19.5. The number of carbonyl (C=O) groups excluding carboxylic acids is 1. The standard InChI is InChI=1S/C18H18N4O/c1-11(2)17-16-8-14(15-9-19-13(4)20-10-15)7-12(3)18(16)22(21-17)5-6-23/h6-10H,1,5H2,2-4H3. The maximum atomic E-state index is 10.9. The van der Waals surface area contributed by atoms with Gasteiger partial charge in [0.05, 0.1) is 17.8 Å². The molecule has 0 N–H and O–H groups in total. The molecule has 5 nitrogen and oxygen atoms in total. The van der Waals surface area contributed by atoms with Crippen LogP contribution in [0.3, 0.4) is 0 Å². The molecule has 0 spiro atoms. The maximum absolute atomic E-state index is 10.9. The van der Waals surface area contributed by atoms with E-state index in [1.165, 1.54) is 0 Å². The fraction of sp³-hybridized carbons (Fsp3) is 0.222. The summed E-state index contributed by atoms with van der Waals surface area (Å²) in [5.41, 5.74) is 5.70. The molecule has 0 atom stereocenters. The second-order valence-electron chi connectivity index (χ2n) is 5.69. The number of nitrogens with zero attached hydrogens (tertiary/aromatic N) is 4. The molecule has 0 aliphatic heterocycles. The van der Waals surface area contributed by atoms with Crippen molar-refractivity contribution < 1.29 is 4.79 Å². The van der Waals surface area contributed by atoms with Crippen molar-refractivity contribution in [2.24, 2.45) is 0 Å². The van der Waals surface area contributed by atoms with Gasteiger partial charge in [0.15, 0.2) is 0 Å². The van der Waals surface area contributed by atoms with Gasteiger partial charge in [0, 0.05) is 23.3 Å². The zero-order valence-corrected chi connectivity index (χ0v) is 13.5. The molecule has 3 rings (SSSR count). The highest BCUT2D eigenvalue weighted by Gasteiger charge is 2.15. The van der Waals surface area contributed by atoms with Crippen LogP contribution < -0.4 is 0 Å². The predicted octanol–water partition coefficient (Wildman–Crippen LogP) is 3.34. The molecule has 0 saturated heterocycles. The van der Waals surface area contributed by atoms with Gasteiger partial charge in [-0.05, 0) is 49.6 Å². The third kappa shape index (κ3) is 2.65. The Kier molecular flexibility index (Phi) is 3.78. The number of hydrogen-bond donors (Lipinski definition) is 0. The molecule has 0 aliphatic carbocycles. The van der Waals surface area contributed by atoms with Gasteiger partial charge in [-0.15, -0.1) is 0 Å². The van der Waals surface area contributed by atoms with Crippen molar-refractivity contribution in [1.82, 2.24) is 19.7 Å². The van der Waals surface area contributed by atoms with Gasteiger partial charge in [-0.1, -0.05) is 6.58 Å². The Bertz CT molecular complexity index is 907. The van der Waals surface area contributed by atoms with Crippen molar-refractivity contribution in [3.63, 3.8) is 0 Å². The van der Waals surface area contributed by atoms with Crippen molar-refractivity contribution in [2.45, 2.75) is 27.3 Å². The number of benzene rings is 1. The maximum Gasteiger partial charge on any atom is 0.141 e. The Morgan fingerprint density at radius 1 is 1.22 bits per heavy atom. The number of aldehydes is 1. The second-order valence-corrected chi connectivity index (χ2v) is 5.69.